The number of rotatable bonds is 5. The minimum atomic E-state index is 0.169. The van der Waals surface area contributed by atoms with Gasteiger partial charge in [0.15, 0.2) is 5.82 Å². The first kappa shape index (κ1) is 11.1. The van der Waals surface area contributed by atoms with E-state index < -0.39 is 0 Å². The van der Waals surface area contributed by atoms with E-state index >= 15 is 0 Å². The Bertz CT molecular complexity index is 275. The van der Waals surface area contributed by atoms with Crippen molar-refractivity contribution < 1.29 is 9.26 Å². The van der Waals surface area contributed by atoms with Crippen LogP contribution < -0.4 is 5.32 Å². The standard InChI is InChI=1S/C9H17N3O2/c1-6(7(2)13-4)10-5-9-11-8(3)14-12-9/h6-7,10H,5H2,1-4H3. The molecule has 1 aromatic rings. The second-order valence-corrected chi connectivity index (χ2v) is 3.34. The second kappa shape index (κ2) is 5.07. The third-order valence-electron chi connectivity index (χ3n) is 2.23. The van der Waals surface area contributed by atoms with Gasteiger partial charge < -0.3 is 14.6 Å². The number of nitrogens with one attached hydrogen (secondary N) is 1. The van der Waals surface area contributed by atoms with Crippen molar-refractivity contribution in [3.8, 4) is 0 Å². The Balaban J connectivity index is 2.33. The highest BCUT2D eigenvalue weighted by atomic mass is 16.5. The zero-order valence-electron chi connectivity index (χ0n) is 9.07. The Morgan fingerprint density at radius 3 is 2.71 bits per heavy atom. The molecule has 1 rings (SSSR count). The van der Waals surface area contributed by atoms with Crippen LogP contribution in [-0.2, 0) is 11.3 Å². The SMILES string of the molecule is COC(C)C(C)NCc1noc(C)n1. The van der Waals surface area contributed by atoms with Crippen LogP contribution in [0.1, 0.15) is 25.6 Å². The van der Waals surface area contributed by atoms with E-state index in [1.165, 1.54) is 0 Å². The van der Waals surface area contributed by atoms with E-state index in [0.29, 0.717) is 18.3 Å². The predicted molar refractivity (Wildman–Crippen MR) is 51.8 cm³/mol. The smallest absolute Gasteiger partial charge is 0.223 e. The minimum Gasteiger partial charge on any atom is -0.380 e. The third kappa shape index (κ3) is 3.08. The fraction of sp³-hybridized carbons (Fsp3) is 0.778. The number of hydrogen-bond acceptors (Lipinski definition) is 5. The molecule has 0 aromatic carbocycles. The van der Waals surface area contributed by atoms with Gasteiger partial charge in [-0.05, 0) is 13.8 Å². The molecule has 2 unspecified atom stereocenters. The van der Waals surface area contributed by atoms with Crippen LogP contribution in [0, 0.1) is 6.92 Å². The average Bonchev–Trinajstić information content (AvgIpc) is 2.59. The van der Waals surface area contributed by atoms with Gasteiger partial charge in [-0.25, -0.2) is 0 Å². The van der Waals surface area contributed by atoms with Crippen LogP contribution in [-0.4, -0.2) is 29.4 Å². The number of hydrogen-bond donors (Lipinski definition) is 1. The van der Waals surface area contributed by atoms with E-state index in [1.807, 2.05) is 6.92 Å². The maximum absolute atomic E-state index is 5.18. The molecular formula is C9H17N3O2. The molecule has 0 radical (unpaired) electrons. The van der Waals surface area contributed by atoms with Crippen LogP contribution in [0.2, 0.25) is 0 Å². The Labute approximate surface area is 83.8 Å². The molecule has 1 N–H and O–H groups in total. The quantitative estimate of drug-likeness (QED) is 0.763. The Morgan fingerprint density at radius 1 is 1.50 bits per heavy atom. The molecule has 14 heavy (non-hydrogen) atoms. The molecule has 0 fully saturated rings. The molecule has 0 amide bonds. The number of nitrogens with zero attached hydrogens (tertiary/aromatic N) is 2. The molecule has 0 aliphatic heterocycles. The van der Waals surface area contributed by atoms with Crippen LogP contribution in [0.25, 0.3) is 0 Å². The zero-order valence-corrected chi connectivity index (χ0v) is 9.07. The van der Waals surface area contributed by atoms with Crippen molar-refractivity contribution in [3.05, 3.63) is 11.7 Å². The van der Waals surface area contributed by atoms with Gasteiger partial charge in [0.1, 0.15) is 0 Å². The molecule has 0 aliphatic rings. The molecule has 0 spiro atoms. The lowest BCUT2D eigenvalue weighted by Crippen LogP contribution is -2.36. The lowest BCUT2D eigenvalue weighted by Gasteiger charge is -2.18. The Hall–Kier alpha value is -0.940. The van der Waals surface area contributed by atoms with Gasteiger partial charge in [-0.3, -0.25) is 0 Å². The average molecular weight is 199 g/mol. The molecule has 0 saturated carbocycles. The van der Waals surface area contributed by atoms with E-state index in [4.69, 9.17) is 9.26 Å². The Morgan fingerprint density at radius 2 is 2.21 bits per heavy atom. The first-order valence-corrected chi connectivity index (χ1v) is 4.69. The van der Waals surface area contributed by atoms with Gasteiger partial charge in [-0.1, -0.05) is 5.16 Å². The zero-order chi connectivity index (χ0) is 10.6. The highest BCUT2D eigenvalue weighted by Crippen LogP contribution is 1.99. The summed E-state index contributed by atoms with van der Waals surface area (Å²) >= 11 is 0. The van der Waals surface area contributed by atoms with Crippen molar-refractivity contribution in [2.24, 2.45) is 0 Å². The summed E-state index contributed by atoms with van der Waals surface area (Å²) in [6.45, 7) is 6.45. The van der Waals surface area contributed by atoms with E-state index in [0.717, 1.165) is 0 Å². The summed E-state index contributed by atoms with van der Waals surface area (Å²) in [6.07, 6.45) is 0.169. The molecule has 1 aromatic heterocycles. The van der Waals surface area contributed by atoms with Crippen molar-refractivity contribution in [2.45, 2.75) is 39.5 Å². The van der Waals surface area contributed by atoms with Crippen LogP contribution in [0.5, 0.6) is 0 Å². The van der Waals surface area contributed by atoms with E-state index in [2.05, 4.69) is 22.4 Å². The molecule has 0 saturated heterocycles. The summed E-state index contributed by atoms with van der Waals surface area (Å²) in [5, 5.41) is 7.04. The normalized spacial score (nSPS) is 15.4. The van der Waals surface area contributed by atoms with Gasteiger partial charge >= 0.3 is 0 Å². The van der Waals surface area contributed by atoms with Crippen molar-refractivity contribution in [1.29, 1.82) is 0 Å². The van der Waals surface area contributed by atoms with Gasteiger partial charge in [0, 0.05) is 20.1 Å². The first-order valence-electron chi connectivity index (χ1n) is 4.69. The summed E-state index contributed by atoms with van der Waals surface area (Å²) in [7, 11) is 1.70. The Kier molecular flexibility index (Phi) is 4.03. The lowest BCUT2D eigenvalue weighted by molar-refractivity contribution is 0.0879. The minimum absolute atomic E-state index is 0.169. The number of aryl methyl sites for hydroxylation is 1. The predicted octanol–water partition coefficient (Wildman–Crippen LogP) is 0.891. The van der Waals surface area contributed by atoms with Crippen LogP contribution in [0.15, 0.2) is 4.52 Å². The summed E-state index contributed by atoms with van der Waals surface area (Å²) in [4.78, 5) is 4.09. The van der Waals surface area contributed by atoms with Gasteiger partial charge in [-0.15, -0.1) is 0 Å². The van der Waals surface area contributed by atoms with Crippen molar-refractivity contribution in [1.82, 2.24) is 15.5 Å². The van der Waals surface area contributed by atoms with Gasteiger partial charge in [0.05, 0.1) is 12.6 Å². The van der Waals surface area contributed by atoms with Crippen molar-refractivity contribution in [2.75, 3.05) is 7.11 Å². The molecule has 5 heteroatoms. The summed E-state index contributed by atoms with van der Waals surface area (Å²) in [5.74, 6) is 1.27. The summed E-state index contributed by atoms with van der Waals surface area (Å²) < 4.78 is 10.0. The molecule has 5 nitrogen and oxygen atoms in total. The van der Waals surface area contributed by atoms with Crippen LogP contribution >= 0.6 is 0 Å². The molecule has 1 heterocycles. The van der Waals surface area contributed by atoms with Gasteiger partial charge in [-0.2, -0.15) is 4.98 Å². The fourth-order valence-electron chi connectivity index (χ4n) is 1.04. The highest BCUT2D eigenvalue weighted by molar-refractivity contribution is 4.84. The van der Waals surface area contributed by atoms with Gasteiger partial charge in [0.25, 0.3) is 0 Å². The van der Waals surface area contributed by atoms with E-state index in [-0.39, 0.29) is 12.1 Å². The van der Waals surface area contributed by atoms with Crippen LogP contribution in [0.3, 0.4) is 0 Å². The number of ether oxygens (including phenoxy) is 1. The van der Waals surface area contributed by atoms with E-state index in [1.54, 1.807) is 14.0 Å². The number of aromatic nitrogens is 2. The van der Waals surface area contributed by atoms with Gasteiger partial charge in [0.2, 0.25) is 5.89 Å². The molecule has 0 aliphatic carbocycles. The molecular weight excluding hydrogens is 182 g/mol. The van der Waals surface area contributed by atoms with Crippen LogP contribution in [0.4, 0.5) is 0 Å². The summed E-state index contributed by atoms with van der Waals surface area (Å²) in [6, 6.07) is 0.263. The van der Waals surface area contributed by atoms with E-state index in [9.17, 15) is 0 Å². The summed E-state index contributed by atoms with van der Waals surface area (Å²) in [5.41, 5.74) is 0. The lowest BCUT2D eigenvalue weighted by atomic mass is 10.2. The fourth-order valence-corrected chi connectivity index (χ4v) is 1.04. The maximum atomic E-state index is 5.18. The molecule has 0 bridgehead atoms. The highest BCUT2D eigenvalue weighted by Gasteiger charge is 2.11. The largest absolute Gasteiger partial charge is 0.380 e. The first-order chi connectivity index (χ1) is 6.63. The monoisotopic (exact) mass is 199 g/mol. The second-order valence-electron chi connectivity index (χ2n) is 3.34. The number of methoxy groups -OCH3 is 1. The third-order valence-corrected chi connectivity index (χ3v) is 2.23. The maximum Gasteiger partial charge on any atom is 0.223 e. The van der Waals surface area contributed by atoms with Crippen molar-refractivity contribution in [3.63, 3.8) is 0 Å². The van der Waals surface area contributed by atoms with Crippen molar-refractivity contribution >= 4 is 0 Å². The topological polar surface area (TPSA) is 60.2 Å². The molecule has 80 valence electrons. The molecule has 2 atom stereocenters.